The molecule has 0 fully saturated rings. The van der Waals surface area contributed by atoms with Crippen molar-refractivity contribution in [2.75, 3.05) is 5.32 Å². The average Bonchev–Trinajstić information content (AvgIpc) is 2.41. The minimum absolute atomic E-state index is 0.0620. The van der Waals surface area contributed by atoms with Gasteiger partial charge in [-0.1, -0.05) is 0 Å². The Hall–Kier alpha value is -2.50. The molecule has 5 nitrogen and oxygen atoms in total. The van der Waals surface area contributed by atoms with E-state index >= 15 is 0 Å². The Labute approximate surface area is 115 Å². The van der Waals surface area contributed by atoms with Crippen molar-refractivity contribution in [2.24, 2.45) is 0 Å². The van der Waals surface area contributed by atoms with Gasteiger partial charge in [0.25, 0.3) is 5.91 Å². The molecule has 2 aromatic rings. The zero-order chi connectivity index (χ0) is 14.5. The summed E-state index contributed by atoms with van der Waals surface area (Å²) in [5, 5.41) is 2.66. The highest BCUT2D eigenvalue weighted by molar-refractivity contribution is 6.04. The van der Waals surface area contributed by atoms with Crippen molar-refractivity contribution >= 4 is 11.6 Å². The number of nitrogens with one attached hydrogen (secondary N) is 1. The van der Waals surface area contributed by atoms with Crippen molar-refractivity contribution in [3.63, 3.8) is 0 Å². The topological polar surface area (TPSA) is 64.1 Å². The quantitative estimate of drug-likeness (QED) is 0.871. The molecular weight excluding hydrogens is 261 g/mol. The van der Waals surface area contributed by atoms with Crippen LogP contribution in [0.3, 0.4) is 0 Å². The molecular formula is C14H14FN3O2. The molecule has 2 aromatic heterocycles. The summed E-state index contributed by atoms with van der Waals surface area (Å²) in [6, 6.07) is 5.85. The second-order valence-corrected chi connectivity index (χ2v) is 4.35. The first-order valence-electron chi connectivity index (χ1n) is 6.11. The van der Waals surface area contributed by atoms with Gasteiger partial charge < -0.3 is 10.1 Å². The largest absolute Gasteiger partial charge is 0.473 e. The van der Waals surface area contributed by atoms with E-state index in [1.807, 2.05) is 13.8 Å². The summed E-state index contributed by atoms with van der Waals surface area (Å²) in [6.07, 6.45) is 2.68. The minimum atomic E-state index is -0.633. The SMILES string of the molecule is CC(C)Oc1ncccc1NC(=O)c1ccc(F)nc1. The molecule has 0 spiro atoms. The number of rotatable bonds is 4. The second-order valence-electron chi connectivity index (χ2n) is 4.35. The third kappa shape index (κ3) is 3.50. The molecule has 0 unspecified atom stereocenters. The van der Waals surface area contributed by atoms with Crippen molar-refractivity contribution in [3.05, 3.63) is 48.2 Å². The Morgan fingerprint density at radius 1 is 1.30 bits per heavy atom. The van der Waals surface area contributed by atoms with Crippen LogP contribution < -0.4 is 10.1 Å². The summed E-state index contributed by atoms with van der Waals surface area (Å²) >= 11 is 0. The summed E-state index contributed by atoms with van der Waals surface area (Å²) in [6.45, 7) is 3.73. The lowest BCUT2D eigenvalue weighted by atomic mass is 10.2. The molecule has 2 rings (SSSR count). The summed E-state index contributed by atoms with van der Waals surface area (Å²) in [5.74, 6) is -0.697. The van der Waals surface area contributed by atoms with Crippen LogP contribution in [0.5, 0.6) is 5.88 Å². The highest BCUT2D eigenvalue weighted by Gasteiger charge is 2.12. The molecule has 0 saturated heterocycles. The standard InChI is InChI=1S/C14H14FN3O2/c1-9(2)20-14-11(4-3-7-16-14)18-13(19)10-5-6-12(15)17-8-10/h3-9H,1-2H3,(H,18,19). The molecule has 0 aliphatic carbocycles. The summed E-state index contributed by atoms with van der Waals surface area (Å²) in [7, 11) is 0. The predicted octanol–water partition coefficient (Wildman–Crippen LogP) is 2.66. The van der Waals surface area contributed by atoms with E-state index in [4.69, 9.17) is 4.74 Å². The van der Waals surface area contributed by atoms with E-state index in [2.05, 4.69) is 15.3 Å². The van der Waals surface area contributed by atoms with Crippen LogP contribution in [0.15, 0.2) is 36.7 Å². The highest BCUT2D eigenvalue weighted by atomic mass is 19.1. The van der Waals surface area contributed by atoms with Crippen LogP contribution in [0.2, 0.25) is 0 Å². The van der Waals surface area contributed by atoms with E-state index in [0.29, 0.717) is 11.6 Å². The van der Waals surface area contributed by atoms with Crippen molar-refractivity contribution in [1.82, 2.24) is 9.97 Å². The molecule has 0 aliphatic rings. The maximum atomic E-state index is 12.7. The maximum absolute atomic E-state index is 12.7. The Bertz CT molecular complexity index is 600. The van der Waals surface area contributed by atoms with Crippen LogP contribution in [0, 0.1) is 5.95 Å². The lowest BCUT2D eigenvalue weighted by Crippen LogP contribution is -2.15. The van der Waals surface area contributed by atoms with Crippen LogP contribution in [0.25, 0.3) is 0 Å². The molecule has 2 heterocycles. The van der Waals surface area contributed by atoms with Gasteiger partial charge in [0.05, 0.1) is 11.7 Å². The number of hydrogen-bond donors (Lipinski definition) is 1. The van der Waals surface area contributed by atoms with Gasteiger partial charge in [-0.3, -0.25) is 4.79 Å². The van der Waals surface area contributed by atoms with E-state index in [0.717, 1.165) is 6.07 Å². The molecule has 0 radical (unpaired) electrons. The number of anilines is 1. The van der Waals surface area contributed by atoms with Gasteiger partial charge in [0.1, 0.15) is 5.69 Å². The molecule has 1 amide bonds. The van der Waals surface area contributed by atoms with Gasteiger partial charge in [0.2, 0.25) is 11.8 Å². The van der Waals surface area contributed by atoms with Gasteiger partial charge in [-0.25, -0.2) is 9.97 Å². The lowest BCUT2D eigenvalue weighted by molar-refractivity contribution is 0.102. The molecule has 0 atom stereocenters. The van der Waals surface area contributed by atoms with E-state index in [-0.39, 0.29) is 11.7 Å². The Morgan fingerprint density at radius 3 is 2.75 bits per heavy atom. The smallest absolute Gasteiger partial charge is 0.257 e. The van der Waals surface area contributed by atoms with Crippen LogP contribution in [0.4, 0.5) is 10.1 Å². The van der Waals surface area contributed by atoms with Gasteiger partial charge in [-0.2, -0.15) is 4.39 Å². The predicted molar refractivity (Wildman–Crippen MR) is 72.1 cm³/mol. The first kappa shape index (κ1) is 13.9. The lowest BCUT2D eigenvalue weighted by Gasteiger charge is -2.13. The normalized spacial score (nSPS) is 10.4. The Balaban J connectivity index is 2.17. The second kappa shape index (κ2) is 6.10. The van der Waals surface area contributed by atoms with Gasteiger partial charge in [0, 0.05) is 12.4 Å². The first-order chi connectivity index (χ1) is 9.56. The fourth-order valence-corrected chi connectivity index (χ4v) is 1.51. The molecule has 6 heteroatoms. The van der Waals surface area contributed by atoms with Gasteiger partial charge in [-0.05, 0) is 38.1 Å². The zero-order valence-corrected chi connectivity index (χ0v) is 11.1. The number of nitrogens with zero attached hydrogens (tertiary/aromatic N) is 2. The van der Waals surface area contributed by atoms with Crippen LogP contribution in [-0.2, 0) is 0 Å². The summed E-state index contributed by atoms with van der Waals surface area (Å²) in [4.78, 5) is 19.5. The number of hydrogen-bond acceptors (Lipinski definition) is 4. The van der Waals surface area contributed by atoms with E-state index in [1.54, 1.807) is 18.3 Å². The molecule has 1 N–H and O–H groups in total. The third-order valence-electron chi connectivity index (χ3n) is 2.36. The van der Waals surface area contributed by atoms with E-state index < -0.39 is 11.9 Å². The fraction of sp³-hybridized carbons (Fsp3) is 0.214. The first-order valence-corrected chi connectivity index (χ1v) is 6.11. The van der Waals surface area contributed by atoms with Crippen LogP contribution in [0.1, 0.15) is 24.2 Å². The average molecular weight is 275 g/mol. The van der Waals surface area contributed by atoms with Crippen molar-refractivity contribution in [1.29, 1.82) is 0 Å². The number of pyridine rings is 2. The molecule has 0 bridgehead atoms. The van der Waals surface area contributed by atoms with Crippen LogP contribution in [-0.4, -0.2) is 22.0 Å². The number of amides is 1. The maximum Gasteiger partial charge on any atom is 0.257 e. The number of ether oxygens (including phenoxy) is 1. The van der Waals surface area contributed by atoms with Gasteiger partial charge in [0.15, 0.2) is 0 Å². The highest BCUT2D eigenvalue weighted by Crippen LogP contribution is 2.22. The number of halogens is 1. The third-order valence-corrected chi connectivity index (χ3v) is 2.36. The van der Waals surface area contributed by atoms with E-state index in [9.17, 15) is 9.18 Å². The molecule has 0 saturated carbocycles. The van der Waals surface area contributed by atoms with Crippen molar-refractivity contribution in [3.8, 4) is 5.88 Å². The van der Waals surface area contributed by atoms with Gasteiger partial charge in [-0.15, -0.1) is 0 Å². The molecule has 20 heavy (non-hydrogen) atoms. The number of carbonyl (C=O) groups is 1. The van der Waals surface area contributed by atoms with E-state index in [1.165, 1.54) is 12.3 Å². The summed E-state index contributed by atoms with van der Waals surface area (Å²) < 4.78 is 18.2. The Morgan fingerprint density at radius 2 is 2.10 bits per heavy atom. The zero-order valence-electron chi connectivity index (χ0n) is 11.1. The van der Waals surface area contributed by atoms with Gasteiger partial charge >= 0.3 is 0 Å². The minimum Gasteiger partial charge on any atom is -0.473 e. The molecule has 0 aromatic carbocycles. The number of aromatic nitrogens is 2. The molecule has 0 aliphatic heterocycles. The Kier molecular flexibility index (Phi) is 4.24. The van der Waals surface area contributed by atoms with Crippen molar-refractivity contribution < 1.29 is 13.9 Å². The fourth-order valence-electron chi connectivity index (χ4n) is 1.51. The molecule has 104 valence electrons. The van der Waals surface area contributed by atoms with Crippen molar-refractivity contribution in [2.45, 2.75) is 20.0 Å². The monoisotopic (exact) mass is 275 g/mol. The van der Waals surface area contributed by atoms with Crippen LogP contribution >= 0.6 is 0 Å². The number of carbonyl (C=O) groups excluding carboxylic acids is 1. The summed E-state index contributed by atoms with van der Waals surface area (Å²) in [5.41, 5.74) is 0.710.